The number of esters is 1. The van der Waals surface area contributed by atoms with Crippen LogP contribution in [-0.4, -0.2) is 47.4 Å². The van der Waals surface area contributed by atoms with Crippen molar-refractivity contribution in [2.45, 2.75) is 296 Å². The Labute approximate surface area is 373 Å². The second-order valence-electron chi connectivity index (χ2n) is 18.2. The molecular weight excluding hydrogens is 743 g/mol. The molecule has 1 amide bonds. The van der Waals surface area contributed by atoms with Gasteiger partial charge in [-0.15, -0.1) is 0 Å². The molecule has 0 saturated carbocycles. The van der Waals surface area contributed by atoms with Gasteiger partial charge in [0.15, 0.2) is 0 Å². The fourth-order valence-corrected chi connectivity index (χ4v) is 8.10. The van der Waals surface area contributed by atoms with Crippen LogP contribution in [0.1, 0.15) is 284 Å². The van der Waals surface area contributed by atoms with Gasteiger partial charge in [0.2, 0.25) is 5.91 Å². The Morgan fingerprint density at radius 2 is 0.783 bits per heavy atom. The van der Waals surface area contributed by atoms with Crippen LogP contribution in [0.2, 0.25) is 0 Å². The molecule has 2 unspecified atom stereocenters. The van der Waals surface area contributed by atoms with E-state index < -0.39 is 12.1 Å². The molecule has 0 saturated heterocycles. The number of amides is 1. The molecule has 6 heteroatoms. The maximum absolute atomic E-state index is 12.4. The molecule has 0 aromatic rings. The molecule has 0 aliphatic heterocycles. The van der Waals surface area contributed by atoms with Crippen molar-refractivity contribution in [3.63, 3.8) is 0 Å². The SMILES string of the molecule is CCCCCCCCCCC/C=C/C(O)C(CO)NC(=O)CCCCCCCCC/C=C\CCCCCCCCCCOC(=O)CCCCCCCCCCCCCCC. The lowest BCUT2D eigenvalue weighted by molar-refractivity contribution is -0.143. The van der Waals surface area contributed by atoms with E-state index in [1.807, 2.05) is 6.08 Å². The van der Waals surface area contributed by atoms with Crippen molar-refractivity contribution in [3.05, 3.63) is 24.3 Å². The van der Waals surface area contributed by atoms with Crippen LogP contribution < -0.4 is 5.32 Å². The molecule has 0 bridgehead atoms. The Morgan fingerprint density at radius 1 is 0.450 bits per heavy atom. The number of hydrogen-bond acceptors (Lipinski definition) is 5. The molecule has 0 aromatic heterocycles. The maximum Gasteiger partial charge on any atom is 0.305 e. The standard InChI is InChI=1S/C54H103NO5/c1-3-5-7-9-11-13-15-23-28-32-36-40-44-48-54(59)60-49-45-41-37-33-29-25-22-20-18-16-17-19-21-24-27-31-35-39-43-47-53(58)55-51(50-56)52(57)46-42-38-34-30-26-14-12-10-8-6-4-2/h16-17,42,46,51-52,56-57H,3-15,18-41,43-45,47-50H2,1-2H3,(H,55,58)/b17-16-,46-42+. The Balaban J connectivity index is 3.45. The fourth-order valence-electron chi connectivity index (χ4n) is 8.10. The van der Waals surface area contributed by atoms with Crippen molar-refractivity contribution < 1.29 is 24.5 Å². The Kier molecular flexibility index (Phi) is 48.6. The highest BCUT2D eigenvalue weighted by Crippen LogP contribution is 2.16. The maximum atomic E-state index is 12.4. The summed E-state index contributed by atoms with van der Waals surface area (Å²) in [4.78, 5) is 24.4. The molecule has 0 fully saturated rings. The van der Waals surface area contributed by atoms with Gasteiger partial charge in [0.05, 0.1) is 25.4 Å². The van der Waals surface area contributed by atoms with Crippen LogP contribution in [0.3, 0.4) is 0 Å². The number of allylic oxidation sites excluding steroid dienone is 3. The lowest BCUT2D eigenvalue weighted by atomic mass is 10.0. The van der Waals surface area contributed by atoms with Crippen LogP contribution in [0.5, 0.6) is 0 Å². The third kappa shape index (κ3) is 45.9. The molecule has 0 radical (unpaired) electrons. The number of carbonyl (C=O) groups excluding carboxylic acids is 2. The molecular formula is C54H103NO5. The zero-order valence-electron chi connectivity index (χ0n) is 40.2. The topological polar surface area (TPSA) is 95.9 Å². The Bertz CT molecular complexity index is 935. The molecule has 2 atom stereocenters. The van der Waals surface area contributed by atoms with Crippen molar-refractivity contribution in [3.8, 4) is 0 Å². The monoisotopic (exact) mass is 846 g/mol. The molecule has 0 aliphatic rings. The molecule has 0 aliphatic carbocycles. The lowest BCUT2D eigenvalue weighted by Crippen LogP contribution is -2.45. The normalized spacial score (nSPS) is 12.8. The molecule has 0 heterocycles. The van der Waals surface area contributed by atoms with E-state index in [1.54, 1.807) is 6.08 Å². The number of nitrogens with one attached hydrogen (secondary N) is 1. The summed E-state index contributed by atoms with van der Waals surface area (Å²) >= 11 is 0. The summed E-state index contributed by atoms with van der Waals surface area (Å²) in [6.07, 6.45) is 59.0. The predicted octanol–water partition coefficient (Wildman–Crippen LogP) is 15.9. The summed E-state index contributed by atoms with van der Waals surface area (Å²) in [5.74, 6) is -0.0746. The predicted molar refractivity (Wildman–Crippen MR) is 260 cm³/mol. The van der Waals surface area contributed by atoms with Gasteiger partial charge in [-0.05, 0) is 57.8 Å². The molecule has 0 spiro atoms. The van der Waals surface area contributed by atoms with E-state index in [2.05, 4.69) is 31.3 Å². The largest absolute Gasteiger partial charge is 0.466 e. The summed E-state index contributed by atoms with van der Waals surface area (Å²) in [7, 11) is 0. The molecule has 354 valence electrons. The van der Waals surface area contributed by atoms with Crippen molar-refractivity contribution in [2.75, 3.05) is 13.2 Å². The van der Waals surface area contributed by atoms with Crippen molar-refractivity contribution >= 4 is 11.9 Å². The Hall–Kier alpha value is -1.66. The smallest absolute Gasteiger partial charge is 0.305 e. The van der Waals surface area contributed by atoms with E-state index in [4.69, 9.17) is 4.74 Å². The van der Waals surface area contributed by atoms with E-state index in [1.165, 1.54) is 205 Å². The number of aliphatic hydroxyl groups excluding tert-OH is 2. The van der Waals surface area contributed by atoms with Gasteiger partial charge in [0.25, 0.3) is 0 Å². The van der Waals surface area contributed by atoms with Crippen molar-refractivity contribution in [2.24, 2.45) is 0 Å². The third-order valence-electron chi connectivity index (χ3n) is 12.2. The minimum absolute atomic E-state index is 0.00432. The van der Waals surface area contributed by atoms with Gasteiger partial charge >= 0.3 is 5.97 Å². The number of rotatable bonds is 49. The molecule has 0 aromatic carbocycles. The zero-order valence-corrected chi connectivity index (χ0v) is 40.2. The molecule has 60 heavy (non-hydrogen) atoms. The number of ether oxygens (including phenoxy) is 1. The van der Waals surface area contributed by atoms with Gasteiger partial charge in [-0.3, -0.25) is 9.59 Å². The number of unbranched alkanes of at least 4 members (excludes halogenated alkanes) is 36. The highest BCUT2D eigenvalue weighted by atomic mass is 16.5. The third-order valence-corrected chi connectivity index (χ3v) is 12.2. The van der Waals surface area contributed by atoms with Gasteiger partial charge in [-0.25, -0.2) is 0 Å². The van der Waals surface area contributed by atoms with E-state index in [9.17, 15) is 19.8 Å². The first kappa shape index (κ1) is 58.3. The van der Waals surface area contributed by atoms with Gasteiger partial charge in [-0.1, -0.05) is 237 Å². The number of carbonyl (C=O) groups is 2. The van der Waals surface area contributed by atoms with E-state index in [0.29, 0.717) is 19.4 Å². The summed E-state index contributed by atoms with van der Waals surface area (Å²) < 4.78 is 5.46. The average Bonchev–Trinajstić information content (AvgIpc) is 3.25. The van der Waals surface area contributed by atoms with Gasteiger partial charge < -0.3 is 20.3 Å². The quantitative estimate of drug-likeness (QED) is 0.0322. The lowest BCUT2D eigenvalue weighted by Gasteiger charge is -2.20. The minimum Gasteiger partial charge on any atom is -0.466 e. The molecule has 6 nitrogen and oxygen atoms in total. The molecule has 3 N–H and O–H groups in total. The van der Waals surface area contributed by atoms with Crippen LogP contribution in [0.4, 0.5) is 0 Å². The second-order valence-corrected chi connectivity index (χ2v) is 18.2. The highest BCUT2D eigenvalue weighted by molar-refractivity contribution is 5.76. The van der Waals surface area contributed by atoms with Gasteiger partial charge in [0, 0.05) is 12.8 Å². The van der Waals surface area contributed by atoms with Gasteiger partial charge in [0.1, 0.15) is 0 Å². The van der Waals surface area contributed by atoms with Crippen LogP contribution in [0.25, 0.3) is 0 Å². The van der Waals surface area contributed by atoms with E-state index in [-0.39, 0.29) is 18.5 Å². The first-order valence-corrected chi connectivity index (χ1v) is 26.6. The minimum atomic E-state index is -0.848. The second kappa shape index (κ2) is 50.0. The van der Waals surface area contributed by atoms with E-state index >= 15 is 0 Å². The van der Waals surface area contributed by atoms with Crippen LogP contribution in [-0.2, 0) is 14.3 Å². The average molecular weight is 846 g/mol. The van der Waals surface area contributed by atoms with Crippen LogP contribution in [0.15, 0.2) is 24.3 Å². The summed E-state index contributed by atoms with van der Waals surface area (Å²) in [5.41, 5.74) is 0. The summed E-state index contributed by atoms with van der Waals surface area (Å²) in [5, 5.41) is 23.0. The summed E-state index contributed by atoms with van der Waals surface area (Å²) in [6.45, 7) is 4.88. The molecule has 0 rings (SSSR count). The van der Waals surface area contributed by atoms with Crippen LogP contribution >= 0.6 is 0 Å². The fraction of sp³-hybridized carbons (Fsp3) is 0.889. The zero-order chi connectivity index (χ0) is 43.7. The number of aliphatic hydroxyl groups is 2. The number of hydrogen-bond donors (Lipinski definition) is 3. The van der Waals surface area contributed by atoms with Crippen molar-refractivity contribution in [1.82, 2.24) is 5.32 Å². The first-order chi connectivity index (χ1) is 29.5. The van der Waals surface area contributed by atoms with Crippen molar-refractivity contribution in [1.29, 1.82) is 0 Å². The van der Waals surface area contributed by atoms with Crippen LogP contribution in [0, 0.1) is 0 Å². The first-order valence-electron chi connectivity index (χ1n) is 26.6. The van der Waals surface area contributed by atoms with Gasteiger partial charge in [-0.2, -0.15) is 0 Å². The Morgan fingerprint density at radius 3 is 1.18 bits per heavy atom. The van der Waals surface area contributed by atoms with E-state index in [0.717, 1.165) is 51.4 Å². The highest BCUT2D eigenvalue weighted by Gasteiger charge is 2.18. The summed E-state index contributed by atoms with van der Waals surface area (Å²) in [6, 6.07) is -0.633.